The number of benzene rings is 3. The van der Waals surface area contributed by atoms with Crippen molar-refractivity contribution in [1.29, 1.82) is 0 Å². The Morgan fingerprint density at radius 1 is 1.09 bits per heavy atom. The average Bonchev–Trinajstić information content (AvgIpc) is 2.79. The Morgan fingerprint density at radius 2 is 1.82 bits per heavy atom. The summed E-state index contributed by atoms with van der Waals surface area (Å²) in [5, 5.41) is 19.2. The van der Waals surface area contributed by atoms with Crippen molar-refractivity contribution in [3.63, 3.8) is 0 Å². The molecule has 0 aliphatic rings. The van der Waals surface area contributed by atoms with Gasteiger partial charge >= 0.3 is 0 Å². The van der Waals surface area contributed by atoms with Gasteiger partial charge < -0.3 is 15.2 Å². The standard InChI is InChI=1S/C25H26ClN3O4/c1-16(2)13-22(28-24(31)15-33-19-10-8-18(26)9-11-19)25(32)29-27-14-21-20-6-4-3-5-17(20)7-12-23(21)30/h3-12,14,16,22,30H,13,15H2,1-2H3,(H,28,31)(H,29,32)/b27-14-/t22-/m0/s1. The van der Waals surface area contributed by atoms with E-state index in [-0.39, 0.29) is 18.3 Å². The maximum absolute atomic E-state index is 12.7. The largest absolute Gasteiger partial charge is 0.507 e. The van der Waals surface area contributed by atoms with Gasteiger partial charge in [0.2, 0.25) is 0 Å². The summed E-state index contributed by atoms with van der Waals surface area (Å²) in [7, 11) is 0. The quantitative estimate of drug-likeness (QED) is 0.323. The van der Waals surface area contributed by atoms with Gasteiger partial charge in [0, 0.05) is 10.6 Å². The van der Waals surface area contributed by atoms with Crippen LogP contribution < -0.4 is 15.5 Å². The minimum absolute atomic E-state index is 0.0538. The minimum Gasteiger partial charge on any atom is -0.507 e. The second kappa shape index (κ2) is 11.3. The highest BCUT2D eigenvalue weighted by molar-refractivity contribution is 6.30. The molecule has 3 aromatic carbocycles. The van der Waals surface area contributed by atoms with Crippen LogP contribution in [0.2, 0.25) is 5.02 Å². The molecule has 0 heterocycles. The van der Waals surface area contributed by atoms with Gasteiger partial charge in [-0.1, -0.05) is 55.8 Å². The third-order valence-corrected chi connectivity index (χ3v) is 5.11. The Bertz CT molecular complexity index is 1150. The number of aromatic hydroxyl groups is 1. The van der Waals surface area contributed by atoms with Crippen LogP contribution in [0.25, 0.3) is 10.8 Å². The van der Waals surface area contributed by atoms with E-state index >= 15 is 0 Å². The molecule has 3 rings (SSSR count). The number of phenolic OH excluding ortho intramolecular Hbond substituents is 1. The highest BCUT2D eigenvalue weighted by atomic mass is 35.5. The number of halogens is 1. The summed E-state index contributed by atoms with van der Waals surface area (Å²) in [6.07, 6.45) is 1.82. The third-order valence-electron chi connectivity index (χ3n) is 4.86. The lowest BCUT2D eigenvalue weighted by Crippen LogP contribution is -2.47. The molecule has 172 valence electrons. The molecule has 7 nitrogen and oxygen atoms in total. The summed E-state index contributed by atoms with van der Waals surface area (Å²) in [6.45, 7) is 3.67. The lowest BCUT2D eigenvalue weighted by molar-refractivity contribution is -0.130. The zero-order valence-corrected chi connectivity index (χ0v) is 19.2. The summed E-state index contributed by atoms with van der Waals surface area (Å²) >= 11 is 5.84. The van der Waals surface area contributed by atoms with Crippen LogP contribution >= 0.6 is 11.6 Å². The predicted molar refractivity (Wildman–Crippen MR) is 130 cm³/mol. The second-order valence-electron chi connectivity index (χ2n) is 7.95. The Labute approximate surface area is 197 Å². The Balaban J connectivity index is 1.62. The van der Waals surface area contributed by atoms with Gasteiger partial charge in [-0.25, -0.2) is 5.43 Å². The number of nitrogens with zero attached hydrogens (tertiary/aromatic N) is 1. The number of rotatable bonds is 9. The van der Waals surface area contributed by atoms with Crippen LogP contribution in [0.4, 0.5) is 0 Å². The van der Waals surface area contributed by atoms with Gasteiger partial charge in [0.1, 0.15) is 17.5 Å². The molecule has 3 N–H and O–H groups in total. The van der Waals surface area contributed by atoms with E-state index in [2.05, 4.69) is 15.8 Å². The van der Waals surface area contributed by atoms with E-state index in [0.29, 0.717) is 22.8 Å². The van der Waals surface area contributed by atoms with Crippen molar-refractivity contribution in [3.05, 3.63) is 71.2 Å². The first-order valence-electron chi connectivity index (χ1n) is 10.5. The summed E-state index contributed by atoms with van der Waals surface area (Å²) in [5.41, 5.74) is 2.96. The highest BCUT2D eigenvalue weighted by Gasteiger charge is 2.22. The van der Waals surface area contributed by atoms with Crippen LogP contribution in [-0.4, -0.2) is 35.8 Å². The molecule has 1 atom stereocenters. The average molecular weight is 468 g/mol. The van der Waals surface area contributed by atoms with E-state index in [0.717, 1.165) is 10.8 Å². The van der Waals surface area contributed by atoms with Gasteiger partial charge in [0.15, 0.2) is 6.61 Å². The smallest absolute Gasteiger partial charge is 0.262 e. The number of amides is 2. The number of carbonyl (C=O) groups excluding carboxylic acids is 2. The first kappa shape index (κ1) is 24.1. The van der Waals surface area contributed by atoms with Crippen LogP contribution in [0.3, 0.4) is 0 Å². The van der Waals surface area contributed by atoms with Gasteiger partial charge in [0.05, 0.1) is 6.21 Å². The van der Waals surface area contributed by atoms with Crippen LogP contribution in [0.15, 0.2) is 65.8 Å². The summed E-state index contributed by atoms with van der Waals surface area (Å²) < 4.78 is 5.44. The number of fused-ring (bicyclic) bond motifs is 1. The van der Waals surface area contributed by atoms with Crippen molar-refractivity contribution in [1.82, 2.24) is 10.7 Å². The summed E-state index contributed by atoms with van der Waals surface area (Å²) in [6, 6.07) is 16.8. The molecule has 33 heavy (non-hydrogen) atoms. The Kier molecular flexibility index (Phi) is 8.27. The van der Waals surface area contributed by atoms with E-state index < -0.39 is 17.9 Å². The fourth-order valence-electron chi connectivity index (χ4n) is 3.28. The molecule has 3 aromatic rings. The minimum atomic E-state index is -0.787. The van der Waals surface area contributed by atoms with Crippen molar-refractivity contribution < 1.29 is 19.4 Å². The molecule has 0 unspecified atom stereocenters. The molecule has 0 fully saturated rings. The fraction of sp³-hybridized carbons (Fsp3) is 0.240. The highest BCUT2D eigenvalue weighted by Crippen LogP contribution is 2.25. The zero-order chi connectivity index (χ0) is 23.8. The normalized spacial score (nSPS) is 12.1. The number of nitrogens with one attached hydrogen (secondary N) is 2. The molecule has 0 aliphatic carbocycles. The summed E-state index contributed by atoms with van der Waals surface area (Å²) in [5.74, 6) is -0.178. The van der Waals surface area contributed by atoms with Crippen molar-refractivity contribution >= 4 is 40.4 Å². The van der Waals surface area contributed by atoms with Crippen molar-refractivity contribution in [2.45, 2.75) is 26.3 Å². The van der Waals surface area contributed by atoms with Crippen LogP contribution in [0.1, 0.15) is 25.8 Å². The summed E-state index contributed by atoms with van der Waals surface area (Å²) in [4.78, 5) is 25.1. The van der Waals surface area contributed by atoms with E-state index in [1.165, 1.54) is 6.21 Å². The van der Waals surface area contributed by atoms with Gasteiger partial charge in [-0.2, -0.15) is 5.10 Å². The first-order valence-corrected chi connectivity index (χ1v) is 10.9. The molecular weight excluding hydrogens is 442 g/mol. The molecule has 8 heteroatoms. The molecule has 0 bridgehead atoms. The fourth-order valence-corrected chi connectivity index (χ4v) is 3.40. The number of hydrazone groups is 1. The topological polar surface area (TPSA) is 100 Å². The number of hydrogen-bond donors (Lipinski definition) is 3. The third kappa shape index (κ3) is 6.95. The number of carbonyl (C=O) groups is 2. The molecule has 0 spiro atoms. The number of hydrogen-bond acceptors (Lipinski definition) is 5. The maximum Gasteiger partial charge on any atom is 0.262 e. The van der Waals surface area contributed by atoms with Gasteiger partial charge in [-0.3, -0.25) is 9.59 Å². The van der Waals surface area contributed by atoms with E-state index in [1.54, 1.807) is 36.4 Å². The van der Waals surface area contributed by atoms with Crippen molar-refractivity contribution in [3.8, 4) is 11.5 Å². The monoisotopic (exact) mass is 467 g/mol. The maximum atomic E-state index is 12.7. The second-order valence-corrected chi connectivity index (χ2v) is 8.38. The zero-order valence-electron chi connectivity index (χ0n) is 18.4. The molecule has 0 aliphatic heterocycles. The Morgan fingerprint density at radius 3 is 2.55 bits per heavy atom. The number of phenols is 1. The van der Waals surface area contributed by atoms with Crippen LogP contribution in [0.5, 0.6) is 11.5 Å². The van der Waals surface area contributed by atoms with Crippen LogP contribution in [-0.2, 0) is 9.59 Å². The molecule has 0 radical (unpaired) electrons. The van der Waals surface area contributed by atoms with Gasteiger partial charge in [-0.05, 0) is 53.4 Å². The first-order chi connectivity index (χ1) is 15.8. The molecule has 0 aromatic heterocycles. The van der Waals surface area contributed by atoms with E-state index in [9.17, 15) is 14.7 Å². The lowest BCUT2D eigenvalue weighted by atomic mass is 10.0. The van der Waals surface area contributed by atoms with Gasteiger partial charge in [0.25, 0.3) is 11.8 Å². The van der Waals surface area contributed by atoms with Crippen LogP contribution in [0, 0.1) is 5.92 Å². The SMILES string of the molecule is CC(C)C[C@H](NC(=O)COc1ccc(Cl)cc1)C(=O)N/N=C\c1c(O)ccc2ccccc12. The van der Waals surface area contributed by atoms with Gasteiger partial charge in [-0.15, -0.1) is 0 Å². The molecule has 2 amide bonds. The Hall–Kier alpha value is -3.58. The number of ether oxygens (including phenoxy) is 1. The molecular formula is C25H26ClN3O4. The predicted octanol–water partition coefficient (Wildman–Crippen LogP) is 4.26. The van der Waals surface area contributed by atoms with Crippen molar-refractivity contribution in [2.24, 2.45) is 11.0 Å². The molecule has 0 saturated heterocycles. The lowest BCUT2D eigenvalue weighted by Gasteiger charge is -2.19. The molecule has 0 saturated carbocycles. The van der Waals surface area contributed by atoms with E-state index in [4.69, 9.17) is 16.3 Å². The van der Waals surface area contributed by atoms with Crippen molar-refractivity contribution in [2.75, 3.05) is 6.61 Å². The van der Waals surface area contributed by atoms with E-state index in [1.807, 2.05) is 38.1 Å².